The summed E-state index contributed by atoms with van der Waals surface area (Å²) in [5.74, 6) is 0. The molecule has 0 atom stereocenters. The van der Waals surface area contributed by atoms with Crippen LogP contribution in [0.3, 0.4) is 0 Å². The lowest BCUT2D eigenvalue weighted by molar-refractivity contribution is 0.199. The summed E-state index contributed by atoms with van der Waals surface area (Å²) in [6.45, 7) is 10.5. The average molecular weight is 238 g/mol. The highest BCUT2D eigenvalue weighted by molar-refractivity contribution is 5.06. The van der Waals surface area contributed by atoms with Crippen molar-refractivity contribution < 1.29 is 4.74 Å². The smallest absolute Gasteiger partial charge is 0.0587 e. The zero-order chi connectivity index (χ0) is 12.7. The van der Waals surface area contributed by atoms with Crippen LogP contribution in [0.2, 0.25) is 0 Å². The molecule has 0 amide bonds. The molecule has 1 aromatic rings. The van der Waals surface area contributed by atoms with Crippen LogP contribution < -0.4 is 5.32 Å². The van der Waals surface area contributed by atoms with Crippen LogP contribution in [0, 0.1) is 5.41 Å². The Morgan fingerprint density at radius 1 is 1.35 bits per heavy atom. The fourth-order valence-electron chi connectivity index (χ4n) is 1.67. The number of hydrogen-bond acceptors (Lipinski definition) is 2. The Labute approximate surface area is 105 Å². The van der Waals surface area contributed by atoms with Crippen LogP contribution >= 0.6 is 0 Å². The summed E-state index contributed by atoms with van der Waals surface area (Å²) in [5.41, 5.74) is 1.75. The van der Waals surface area contributed by atoms with E-state index >= 15 is 0 Å². The number of methoxy groups -OCH3 is 1. The van der Waals surface area contributed by atoms with Gasteiger partial charge in [-0.15, -0.1) is 0 Å². The minimum absolute atomic E-state index is 0.394. The molecule has 17 heavy (non-hydrogen) atoms. The summed E-state index contributed by atoms with van der Waals surface area (Å²) in [6.07, 6.45) is 3.37. The fraction of sp³-hybridized carbons (Fsp3) is 0.714. The Balaban J connectivity index is 2.37. The summed E-state index contributed by atoms with van der Waals surface area (Å²) in [7, 11) is 1.73. The predicted octanol–water partition coefficient (Wildman–Crippen LogP) is 2.66. The lowest BCUT2D eigenvalue weighted by Crippen LogP contribution is -2.21. The first-order chi connectivity index (χ1) is 8.03. The summed E-state index contributed by atoms with van der Waals surface area (Å²) >= 11 is 0. The van der Waals surface area contributed by atoms with E-state index in [0.717, 1.165) is 26.2 Å². The van der Waals surface area contributed by atoms with Crippen molar-refractivity contribution in [2.24, 2.45) is 5.41 Å². The third kappa shape index (κ3) is 5.89. The van der Waals surface area contributed by atoms with E-state index in [9.17, 15) is 0 Å². The lowest BCUT2D eigenvalue weighted by atomic mass is 9.92. The van der Waals surface area contributed by atoms with E-state index in [4.69, 9.17) is 4.74 Å². The van der Waals surface area contributed by atoms with Gasteiger partial charge in [0.2, 0.25) is 0 Å². The van der Waals surface area contributed by atoms with Gasteiger partial charge in [-0.1, -0.05) is 20.8 Å². The third-order valence-corrected chi connectivity index (χ3v) is 2.82. The highest BCUT2D eigenvalue weighted by Gasteiger charge is 2.10. The van der Waals surface area contributed by atoms with Gasteiger partial charge in [0.05, 0.1) is 6.61 Å². The number of ether oxygens (including phenoxy) is 1. The molecule has 0 aliphatic carbocycles. The number of nitrogens with zero attached hydrogens (tertiary/aromatic N) is 1. The zero-order valence-electron chi connectivity index (χ0n) is 11.6. The molecule has 0 fully saturated rings. The van der Waals surface area contributed by atoms with Gasteiger partial charge in [0.1, 0.15) is 0 Å². The van der Waals surface area contributed by atoms with Gasteiger partial charge in [-0.3, -0.25) is 0 Å². The van der Waals surface area contributed by atoms with E-state index in [1.54, 1.807) is 7.11 Å². The number of hydrogen-bond donors (Lipinski definition) is 1. The van der Waals surface area contributed by atoms with Crippen LogP contribution in [0.5, 0.6) is 0 Å². The Morgan fingerprint density at radius 3 is 2.76 bits per heavy atom. The third-order valence-electron chi connectivity index (χ3n) is 2.82. The second-order valence-corrected chi connectivity index (χ2v) is 5.67. The van der Waals surface area contributed by atoms with Gasteiger partial charge in [-0.2, -0.15) is 0 Å². The molecule has 0 bridgehead atoms. The van der Waals surface area contributed by atoms with Gasteiger partial charge in [-0.05, 0) is 24.0 Å². The van der Waals surface area contributed by atoms with Crippen LogP contribution in [-0.4, -0.2) is 24.8 Å². The standard InChI is InChI=1S/C14H26N2O/c1-14(2,3)7-10-16-9-5-6-13(16)12-15-8-11-17-4/h5-6,9,15H,7-8,10-12H2,1-4H3. The van der Waals surface area contributed by atoms with E-state index < -0.39 is 0 Å². The molecule has 0 aliphatic rings. The molecule has 0 aliphatic heterocycles. The highest BCUT2D eigenvalue weighted by Crippen LogP contribution is 2.20. The van der Waals surface area contributed by atoms with Crippen molar-refractivity contribution >= 4 is 0 Å². The average Bonchev–Trinajstić information content (AvgIpc) is 2.68. The first-order valence-electron chi connectivity index (χ1n) is 6.36. The molecule has 3 nitrogen and oxygen atoms in total. The monoisotopic (exact) mass is 238 g/mol. The Hall–Kier alpha value is -0.800. The number of nitrogens with one attached hydrogen (secondary N) is 1. The maximum Gasteiger partial charge on any atom is 0.0587 e. The minimum atomic E-state index is 0.394. The lowest BCUT2D eigenvalue weighted by Gasteiger charge is -2.19. The molecule has 0 saturated heterocycles. The van der Waals surface area contributed by atoms with Gasteiger partial charge in [0.15, 0.2) is 0 Å². The Kier molecular flexibility index (Phi) is 5.72. The van der Waals surface area contributed by atoms with Crippen molar-refractivity contribution in [2.45, 2.75) is 40.3 Å². The molecule has 1 aromatic heterocycles. The van der Waals surface area contributed by atoms with E-state index in [0.29, 0.717) is 5.41 Å². The van der Waals surface area contributed by atoms with Gasteiger partial charge < -0.3 is 14.6 Å². The molecule has 1 rings (SSSR count). The molecule has 0 unspecified atom stereocenters. The molecule has 0 saturated carbocycles. The van der Waals surface area contributed by atoms with Crippen LogP contribution in [0.25, 0.3) is 0 Å². The topological polar surface area (TPSA) is 26.2 Å². The van der Waals surface area contributed by atoms with Crippen molar-refractivity contribution in [1.29, 1.82) is 0 Å². The molecular weight excluding hydrogens is 212 g/mol. The maximum absolute atomic E-state index is 5.01. The Bertz CT molecular complexity index is 312. The van der Waals surface area contributed by atoms with Crippen LogP contribution in [0.4, 0.5) is 0 Å². The van der Waals surface area contributed by atoms with E-state index in [1.807, 2.05) is 0 Å². The summed E-state index contributed by atoms with van der Waals surface area (Å²) < 4.78 is 7.35. The van der Waals surface area contributed by atoms with Crippen molar-refractivity contribution in [3.05, 3.63) is 24.0 Å². The summed E-state index contributed by atoms with van der Waals surface area (Å²) in [5, 5.41) is 3.38. The number of aryl methyl sites for hydroxylation is 1. The molecular formula is C14H26N2O. The molecule has 98 valence electrons. The molecule has 0 radical (unpaired) electrons. The molecule has 0 aromatic carbocycles. The summed E-state index contributed by atoms with van der Waals surface area (Å²) in [6, 6.07) is 4.30. The first-order valence-corrected chi connectivity index (χ1v) is 6.36. The largest absolute Gasteiger partial charge is 0.383 e. The van der Waals surface area contributed by atoms with E-state index in [2.05, 4.69) is 49.0 Å². The fourth-order valence-corrected chi connectivity index (χ4v) is 1.67. The summed E-state index contributed by atoms with van der Waals surface area (Å²) in [4.78, 5) is 0. The molecule has 1 N–H and O–H groups in total. The van der Waals surface area contributed by atoms with Crippen LogP contribution in [0.15, 0.2) is 18.3 Å². The highest BCUT2D eigenvalue weighted by atomic mass is 16.5. The van der Waals surface area contributed by atoms with E-state index in [-0.39, 0.29) is 0 Å². The number of aromatic nitrogens is 1. The normalized spacial score (nSPS) is 12.0. The second kappa shape index (κ2) is 6.82. The SMILES string of the molecule is COCCNCc1cccn1CCC(C)(C)C. The van der Waals surface area contributed by atoms with Crippen LogP contribution in [0.1, 0.15) is 32.9 Å². The minimum Gasteiger partial charge on any atom is -0.383 e. The first kappa shape index (κ1) is 14.3. The van der Waals surface area contributed by atoms with Crippen LogP contribution in [-0.2, 0) is 17.8 Å². The zero-order valence-corrected chi connectivity index (χ0v) is 11.6. The van der Waals surface area contributed by atoms with Gasteiger partial charge in [0, 0.05) is 38.6 Å². The van der Waals surface area contributed by atoms with Gasteiger partial charge in [-0.25, -0.2) is 0 Å². The Morgan fingerprint density at radius 2 is 2.12 bits per heavy atom. The maximum atomic E-state index is 5.01. The van der Waals surface area contributed by atoms with Crippen molar-refractivity contribution in [2.75, 3.05) is 20.3 Å². The van der Waals surface area contributed by atoms with Crippen molar-refractivity contribution in [3.63, 3.8) is 0 Å². The molecule has 3 heteroatoms. The van der Waals surface area contributed by atoms with E-state index in [1.165, 1.54) is 12.1 Å². The molecule has 1 heterocycles. The van der Waals surface area contributed by atoms with Gasteiger partial charge >= 0.3 is 0 Å². The molecule has 0 spiro atoms. The van der Waals surface area contributed by atoms with Crippen molar-refractivity contribution in [3.8, 4) is 0 Å². The predicted molar refractivity (Wildman–Crippen MR) is 72.1 cm³/mol. The van der Waals surface area contributed by atoms with Gasteiger partial charge in [0.25, 0.3) is 0 Å². The quantitative estimate of drug-likeness (QED) is 0.739. The number of rotatable bonds is 7. The second-order valence-electron chi connectivity index (χ2n) is 5.67. The van der Waals surface area contributed by atoms with Crippen molar-refractivity contribution in [1.82, 2.24) is 9.88 Å².